The van der Waals surface area contributed by atoms with Gasteiger partial charge in [-0.1, -0.05) is 26.0 Å². The van der Waals surface area contributed by atoms with Gasteiger partial charge in [-0.25, -0.2) is 0 Å². The maximum atomic E-state index is 12.4. The maximum absolute atomic E-state index is 12.4. The molecule has 118 valence electrons. The van der Waals surface area contributed by atoms with E-state index in [0.29, 0.717) is 18.7 Å². The number of rotatable bonds is 6. The van der Waals surface area contributed by atoms with Gasteiger partial charge in [0, 0.05) is 18.8 Å². The molecule has 0 spiro atoms. The van der Waals surface area contributed by atoms with Gasteiger partial charge in [-0.3, -0.25) is 9.48 Å². The summed E-state index contributed by atoms with van der Waals surface area (Å²) < 4.78 is 1.73. The Morgan fingerprint density at radius 2 is 2.00 bits per heavy atom. The Labute approximate surface area is 131 Å². The molecule has 0 saturated carbocycles. The minimum atomic E-state index is -0.156. The average Bonchev–Trinajstić information content (AvgIpc) is 2.94. The van der Waals surface area contributed by atoms with E-state index in [1.165, 1.54) is 0 Å². The predicted octanol–water partition coefficient (Wildman–Crippen LogP) is 2.81. The van der Waals surface area contributed by atoms with Crippen LogP contribution in [0.25, 0.3) is 0 Å². The van der Waals surface area contributed by atoms with E-state index >= 15 is 0 Å². The van der Waals surface area contributed by atoms with Crippen molar-refractivity contribution in [3.05, 3.63) is 47.3 Å². The fourth-order valence-electron chi connectivity index (χ4n) is 2.22. The normalized spacial score (nSPS) is 11.0. The molecule has 0 aliphatic rings. The van der Waals surface area contributed by atoms with E-state index in [4.69, 9.17) is 5.11 Å². The van der Waals surface area contributed by atoms with Crippen molar-refractivity contribution in [3.63, 3.8) is 0 Å². The number of hydrogen-bond acceptors (Lipinski definition) is 3. The van der Waals surface area contributed by atoms with Gasteiger partial charge in [-0.2, -0.15) is 5.10 Å². The number of nitrogens with zero attached hydrogens (tertiary/aromatic N) is 2. The summed E-state index contributed by atoms with van der Waals surface area (Å²) >= 11 is 0. The molecule has 0 aliphatic carbocycles. The molecule has 22 heavy (non-hydrogen) atoms. The Morgan fingerprint density at radius 3 is 2.55 bits per heavy atom. The van der Waals surface area contributed by atoms with Crippen molar-refractivity contribution in [1.29, 1.82) is 0 Å². The molecule has 0 fully saturated rings. The Hall–Kier alpha value is -2.14. The monoisotopic (exact) mass is 301 g/mol. The quantitative estimate of drug-likeness (QED) is 0.862. The van der Waals surface area contributed by atoms with Crippen LogP contribution in [0.5, 0.6) is 0 Å². The van der Waals surface area contributed by atoms with Crippen LogP contribution in [0, 0.1) is 0 Å². The zero-order chi connectivity index (χ0) is 16.1. The molecule has 0 atom stereocenters. The minimum absolute atomic E-state index is 0.124. The number of benzene rings is 1. The summed E-state index contributed by atoms with van der Waals surface area (Å²) in [4.78, 5) is 12.4. The first-order valence-corrected chi connectivity index (χ1v) is 7.64. The highest BCUT2D eigenvalue weighted by Gasteiger charge is 2.16. The third-order valence-corrected chi connectivity index (χ3v) is 3.53. The molecule has 0 radical (unpaired) electrons. The Balaban J connectivity index is 2.14. The highest BCUT2D eigenvalue weighted by atomic mass is 16.3. The van der Waals surface area contributed by atoms with Crippen LogP contribution in [0.15, 0.2) is 30.3 Å². The summed E-state index contributed by atoms with van der Waals surface area (Å²) in [7, 11) is 0. The van der Waals surface area contributed by atoms with Crippen LogP contribution in [0.1, 0.15) is 48.4 Å². The van der Waals surface area contributed by atoms with Crippen molar-refractivity contribution in [1.82, 2.24) is 9.78 Å². The molecule has 0 bridgehead atoms. The molecular weight excluding hydrogens is 278 g/mol. The van der Waals surface area contributed by atoms with Gasteiger partial charge < -0.3 is 10.4 Å². The summed E-state index contributed by atoms with van der Waals surface area (Å²) in [5.74, 6) is 0.133. The van der Waals surface area contributed by atoms with E-state index in [0.717, 1.165) is 16.9 Å². The summed E-state index contributed by atoms with van der Waals surface area (Å²) in [6.45, 7) is 6.87. The molecule has 5 heteroatoms. The fraction of sp³-hybridized carbons (Fsp3) is 0.412. The average molecular weight is 301 g/mol. The van der Waals surface area contributed by atoms with Gasteiger partial charge in [0.05, 0.1) is 5.69 Å². The van der Waals surface area contributed by atoms with E-state index < -0.39 is 0 Å². The number of aromatic nitrogens is 2. The zero-order valence-electron chi connectivity index (χ0n) is 13.3. The lowest BCUT2D eigenvalue weighted by Crippen LogP contribution is -2.17. The van der Waals surface area contributed by atoms with Crippen LogP contribution < -0.4 is 5.32 Å². The Morgan fingerprint density at radius 1 is 1.32 bits per heavy atom. The minimum Gasteiger partial charge on any atom is -0.396 e. The first-order chi connectivity index (χ1) is 10.5. The van der Waals surface area contributed by atoms with E-state index in [2.05, 4.69) is 24.3 Å². The van der Waals surface area contributed by atoms with Crippen molar-refractivity contribution in [2.24, 2.45) is 0 Å². The molecule has 2 aromatic rings. The van der Waals surface area contributed by atoms with Gasteiger partial charge in [0.1, 0.15) is 5.69 Å². The lowest BCUT2D eigenvalue weighted by atomic mass is 10.1. The molecule has 1 aromatic carbocycles. The molecule has 0 unspecified atom stereocenters. The van der Waals surface area contributed by atoms with E-state index in [9.17, 15) is 4.79 Å². The number of carbonyl (C=O) groups excluding carboxylic acids is 1. The molecular formula is C17H23N3O2. The standard InChI is InChI=1S/C17H23N3O2/c1-4-20-16(11-15(19-20)12(2)3)17(22)18-14-7-5-13(6-8-14)9-10-21/h5-8,11-12,21H,4,9-10H2,1-3H3,(H,18,22). The van der Waals surface area contributed by atoms with Gasteiger partial charge in [0.2, 0.25) is 0 Å². The number of anilines is 1. The van der Waals surface area contributed by atoms with Crippen molar-refractivity contribution in [2.75, 3.05) is 11.9 Å². The molecule has 1 aromatic heterocycles. The zero-order valence-corrected chi connectivity index (χ0v) is 13.3. The van der Waals surface area contributed by atoms with Crippen molar-refractivity contribution in [2.45, 2.75) is 39.7 Å². The van der Waals surface area contributed by atoms with Crippen molar-refractivity contribution < 1.29 is 9.90 Å². The van der Waals surface area contributed by atoms with Gasteiger partial charge in [-0.15, -0.1) is 0 Å². The largest absolute Gasteiger partial charge is 0.396 e. The molecule has 2 N–H and O–H groups in total. The second-order valence-corrected chi connectivity index (χ2v) is 5.55. The molecule has 1 amide bonds. The van der Waals surface area contributed by atoms with Crippen LogP contribution >= 0.6 is 0 Å². The smallest absolute Gasteiger partial charge is 0.273 e. The SMILES string of the molecule is CCn1nc(C(C)C)cc1C(=O)Nc1ccc(CCO)cc1. The van der Waals surface area contributed by atoms with E-state index in [1.807, 2.05) is 37.3 Å². The number of carbonyl (C=O) groups is 1. The van der Waals surface area contributed by atoms with Gasteiger partial charge >= 0.3 is 0 Å². The number of nitrogens with one attached hydrogen (secondary N) is 1. The molecule has 5 nitrogen and oxygen atoms in total. The van der Waals surface area contributed by atoms with Crippen molar-refractivity contribution >= 4 is 11.6 Å². The van der Waals surface area contributed by atoms with E-state index in [1.54, 1.807) is 4.68 Å². The first kappa shape index (κ1) is 16.2. The van der Waals surface area contributed by atoms with Gasteiger partial charge in [0.25, 0.3) is 5.91 Å². The van der Waals surface area contributed by atoms with Crippen LogP contribution in [-0.4, -0.2) is 27.4 Å². The van der Waals surface area contributed by atoms with Crippen LogP contribution in [0.3, 0.4) is 0 Å². The topological polar surface area (TPSA) is 67.2 Å². The Bertz CT molecular complexity index is 630. The van der Waals surface area contributed by atoms with Crippen LogP contribution in [0.2, 0.25) is 0 Å². The summed E-state index contributed by atoms with van der Waals surface area (Å²) in [5, 5.41) is 16.3. The molecule has 0 aliphatic heterocycles. The number of amides is 1. The highest BCUT2D eigenvalue weighted by Crippen LogP contribution is 2.17. The molecule has 0 saturated heterocycles. The maximum Gasteiger partial charge on any atom is 0.273 e. The lowest BCUT2D eigenvalue weighted by Gasteiger charge is -2.07. The van der Waals surface area contributed by atoms with Crippen LogP contribution in [0.4, 0.5) is 5.69 Å². The molecule has 1 heterocycles. The second kappa shape index (κ2) is 7.22. The summed E-state index contributed by atoms with van der Waals surface area (Å²) in [6.07, 6.45) is 0.620. The molecule has 2 rings (SSSR count). The number of aryl methyl sites for hydroxylation is 1. The number of hydrogen-bond donors (Lipinski definition) is 2. The van der Waals surface area contributed by atoms with Crippen LogP contribution in [-0.2, 0) is 13.0 Å². The second-order valence-electron chi connectivity index (χ2n) is 5.55. The Kier molecular flexibility index (Phi) is 5.33. The van der Waals surface area contributed by atoms with Crippen molar-refractivity contribution in [3.8, 4) is 0 Å². The van der Waals surface area contributed by atoms with Gasteiger partial charge in [-0.05, 0) is 43.0 Å². The lowest BCUT2D eigenvalue weighted by molar-refractivity contribution is 0.101. The third-order valence-electron chi connectivity index (χ3n) is 3.53. The summed E-state index contributed by atoms with van der Waals surface area (Å²) in [6, 6.07) is 9.35. The first-order valence-electron chi connectivity index (χ1n) is 7.64. The predicted molar refractivity (Wildman–Crippen MR) is 87.2 cm³/mol. The number of aliphatic hydroxyl groups is 1. The fourth-order valence-corrected chi connectivity index (χ4v) is 2.22. The summed E-state index contributed by atoms with van der Waals surface area (Å²) in [5.41, 5.74) is 3.28. The number of aliphatic hydroxyl groups excluding tert-OH is 1. The van der Waals surface area contributed by atoms with E-state index in [-0.39, 0.29) is 18.4 Å². The highest BCUT2D eigenvalue weighted by molar-refractivity contribution is 6.03. The third kappa shape index (κ3) is 3.74. The van der Waals surface area contributed by atoms with Gasteiger partial charge in [0.15, 0.2) is 0 Å².